The Morgan fingerprint density at radius 3 is 2.61 bits per heavy atom. The predicted octanol–water partition coefficient (Wildman–Crippen LogP) is 4.36. The molecule has 1 aromatic heterocycles. The van der Waals surface area contributed by atoms with Crippen molar-refractivity contribution in [1.82, 2.24) is 15.6 Å². The normalized spacial score (nSPS) is 10.9. The number of hydrogen-bond donors (Lipinski definition) is 2. The van der Waals surface area contributed by atoms with E-state index in [1.165, 1.54) is 6.07 Å². The van der Waals surface area contributed by atoms with E-state index in [1.807, 2.05) is 24.5 Å². The van der Waals surface area contributed by atoms with E-state index in [-0.39, 0.29) is 29.8 Å². The summed E-state index contributed by atoms with van der Waals surface area (Å²) in [6.07, 6.45) is 4.67. The molecular weight excluding hydrogens is 490 g/mol. The number of aromatic nitrogens is 1. The second kappa shape index (κ2) is 13.6. The molecule has 5 nitrogen and oxygen atoms in total. The second-order valence-electron chi connectivity index (χ2n) is 5.94. The number of nitrogens with zero attached hydrogens (tertiary/aromatic N) is 2. The lowest BCUT2D eigenvalue weighted by Gasteiger charge is -2.15. The molecule has 8 heteroatoms. The number of halogens is 2. The minimum atomic E-state index is -0.207. The van der Waals surface area contributed by atoms with Gasteiger partial charge in [0.25, 0.3) is 0 Å². The molecule has 0 fully saturated rings. The van der Waals surface area contributed by atoms with Crippen LogP contribution in [0.2, 0.25) is 0 Å². The summed E-state index contributed by atoms with van der Waals surface area (Å²) >= 11 is 1.67. The number of thioether (sulfide) groups is 1. The number of nitrogens with one attached hydrogen (secondary N) is 2. The molecule has 0 aliphatic carbocycles. The number of benzene rings is 1. The van der Waals surface area contributed by atoms with E-state index in [9.17, 15) is 4.39 Å². The van der Waals surface area contributed by atoms with Gasteiger partial charge in [-0.05, 0) is 42.0 Å². The van der Waals surface area contributed by atoms with E-state index >= 15 is 0 Å². The molecule has 2 N–H and O–H groups in total. The van der Waals surface area contributed by atoms with Gasteiger partial charge in [0.05, 0.1) is 6.61 Å². The predicted molar refractivity (Wildman–Crippen MR) is 126 cm³/mol. The third-order valence-corrected chi connectivity index (χ3v) is 4.48. The summed E-state index contributed by atoms with van der Waals surface area (Å²) in [4.78, 5) is 8.55. The fraction of sp³-hybridized carbons (Fsp3) is 0.400. The zero-order chi connectivity index (χ0) is 19.5. The number of pyridine rings is 1. The molecule has 0 spiro atoms. The fourth-order valence-corrected chi connectivity index (χ4v) is 3.10. The summed E-state index contributed by atoms with van der Waals surface area (Å²) in [5.74, 6) is 1.87. The SMILES string of the molecule is CCCOc1ncccc1CNC(=NC)NCc1ccc(F)cc1CSC.I. The zero-order valence-corrected chi connectivity index (χ0v) is 19.6. The summed E-state index contributed by atoms with van der Waals surface area (Å²) < 4.78 is 19.2. The van der Waals surface area contributed by atoms with Gasteiger partial charge < -0.3 is 15.4 Å². The Kier molecular flexibility index (Phi) is 11.9. The van der Waals surface area contributed by atoms with E-state index in [1.54, 1.807) is 31.1 Å². The molecular formula is C20H28FIN4OS. The van der Waals surface area contributed by atoms with Crippen molar-refractivity contribution in [3.05, 3.63) is 59.0 Å². The molecule has 1 aromatic carbocycles. The Morgan fingerprint density at radius 2 is 1.93 bits per heavy atom. The lowest BCUT2D eigenvalue weighted by molar-refractivity contribution is 0.301. The van der Waals surface area contributed by atoms with Crippen molar-refractivity contribution in [3.63, 3.8) is 0 Å². The van der Waals surface area contributed by atoms with Gasteiger partial charge in [-0.3, -0.25) is 4.99 Å². The Balaban J connectivity index is 0.00000392. The molecule has 1 heterocycles. The number of guanidine groups is 1. The number of aliphatic imine (C=N–C) groups is 1. The van der Waals surface area contributed by atoms with Crippen LogP contribution in [0.5, 0.6) is 5.88 Å². The highest BCUT2D eigenvalue weighted by Crippen LogP contribution is 2.17. The Hall–Kier alpha value is -1.55. The largest absolute Gasteiger partial charge is 0.477 e. The first kappa shape index (κ1) is 24.5. The van der Waals surface area contributed by atoms with Crippen LogP contribution in [0.25, 0.3) is 0 Å². The van der Waals surface area contributed by atoms with Crippen LogP contribution in [0, 0.1) is 5.82 Å². The van der Waals surface area contributed by atoms with E-state index in [2.05, 4.69) is 27.5 Å². The van der Waals surface area contributed by atoms with Crippen LogP contribution < -0.4 is 15.4 Å². The van der Waals surface area contributed by atoms with Crippen molar-refractivity contribution < 1.29 is 9.13 Å². The standard InChI is InChI=1S/C20H27FN4OS.HI/c1-4-10-26-19-16(6-5-9-23-19)13-25-20(22-2)24-12-15-7-8-18(21)11-17(15)14-27-3;/h5-9,11H,4,10,12-14H2,1-3H3,(H2,22,24,25);1H. The van der Waals surface area contributed by atoms with Gasteiger partial charge in [-0.1, -0.05) is 19.1 Å². The topological polar surface area (TPSA) is 58.5 Å². The van der Waals surface area contributed by atoms with E-state index in [0.29, 0.717) is 31.5 Å². The van der Waals surface area contributed by atoms with Crippen molar-refractivity contribution >= 4 is 41.7 Å². The van der Waals surface area contributed by atoms with Gasteiger partial charge in [-0.25, -0.2) is 9.37 Å². The molecule has 28 heavy (non-hydrogen) atoms. The zero-order valence-electron chi connectivity index (χ0n) is 16.5. The van der Waals surface area contributed by atoms with Crippen LogP contribution in [0.15, 0.2) is 41.5 Å². The van der Waals surface area contributed by atoms with E-state index in [0.717, 1.165) is 28.9 Å². The highest BCUT2D eigenvalue weighted by molar-refractivity contribution is 14.0. The Bertz CT molecular complexity index is 761. The molecule has 0 aliphatic heterocycles. The van der Waals surface area contributed by atoms with Gasteiger partial charge in [0.15, 0.2) is 5.96 Å². The summed E-state index contributed by atoms with van der Waals surface area (Å²) in [5, 5.41) is 6.56. The third kappa shape index (κ3) is 7.83. The quantitative estimate of drug-likeness (QED) is 0.294. The minimum Gasteiger partial charge on any atom is -0.477 e. The summed E-state index contributed by atoms with van der Waals surface area (Å²) in [5.41, 5.74) is 3.02. The fourth-order valence-electron chi connectivity index (χ4n) is 2.52. The summed E-state index contributed by atoms with van der Waals surface area (Å²) in [6.45, 7) is 3.82. The molecule has 0 unspecified atom stereocenters. The molecule has 0 atom stereocenters. The molecule has 0 radical (unpaired) electrons. The van der Waals surface area contributed by atoms with Crippen molar-refractivity contribution in [3.8, 4) is 5.88 Å². The highest BCUT2D eigenvalue weighted by Gasteiger charge is 2.08. The first-order valence-corrected chi connectivity index (χ1v) is 10.3. The Labute approximate surface area is 188 Å². The molecule has 0 saturated heterocycles. The van der Waals surface area contributed by atoms with Crippen LogP contribution in [0.4, 0.5) is 4.39 Å². The van der Waals surface area contributed by atoms with Gasteiger partial charge >= 0.3 is 0 Å². The molecule has 154 valence electrons. The van der Waals surface area contributed by atoms with Crippen LogP contribution in [0.3, 0.4) is 0 Å². The maximum atomic E-state index is 13.5. The van der Waals surface area contributed by atoms with Crippen LogP contribution in [-0.4, -0.2) is 30.9 Å². The monoisotopic (exact) mass is 518 g/mol. The van der Waals surface area contributed by atoms with Gasteiger partial charge in [0.2, 0.25) is 5.88 Å². The number of ether oxygens (including phenoxy) is 1. The maximum Gasteiger partial charge on any atom is 0.218 e. The third-order valence-electron chi connectivity index (χ3n) is 3.88. The summed E-state index contributed by atoms with van der Waals surface area (Å²) in [6, 6.07) is 8.77. The first-order valence-electron chi connectivity index (χ1n) is 8.95. The molecule has 0 saturated carbocycles. The molecule has 2 rings (SSSR count). The first-order chi connectivity index (χ1) is 13.2. The second-order valence-corrected chi connectivity index (χ2v) is 6.81. The van der Waals surface area contributed by atoms with Crippen LogP contribution in [-0.2, 0) is 18.8 Å². The number of rotatable bonds is 9. The molecule has 0 amide bonds. The van der Waals surface area contributed by atoms with Crippen LogP contribution in [0.1, 0.15) is 30.0 Å². The van der Waals surface area contributed by atoms with E-state index in [4.69, 9.17) is 4.74 Å². The smallest absolute Gasteiger partial charge is 0.218 e. The average Bonchev–Trinajstić information content (AvgIpc) is 2.68. The lowest BCUT2D eigenvalue weighted by atomic mass is 10.1. The maximum absolute atomic E-state index is 13.5. The molecule has 2 aromatic rings. The van der Waals surface area contributed by atoms with Crippen molar-refractivity contribution in [1.29, 1.82) is 0 Å². The van der Waals surface area contributed by atoms with E-state index < -0.39 is 0 Å². The number of hydrogen-bond acceptors (Lipinski definition) is 4. The highest BCUT2D eigenvalue weighted by atomic mass is 127. The lowest BCUT2D eigenvalue weighted by Crippen LogP contribution is -2.36. The Morgan fingerprint density at radius 1 is 1.18 bits per heavy atom. The molecule has 0 aliphatic rings. The van der Waals surface area contributed by atoms with Gasteiger partial charge in [0.1, 0.15) is 5.82 Å². The van der Waals surface area contributed by atoms with Crippen molar-refractivity contribution in [2.75, 3.05) is 19.9 Å². The van der Waals surface area contributed by atoms with Gasteiger partial charge in [-0.2, -0.15) is 11.8 Å². The van der Waals surface area contributed by atoms with Crippen LogP contribution >= 0.6 is 35.7 Å². The minimum absolute atomic E-state index is 0. The average molecular weight is 518 g/mol. The van der Waals surface area contributed by atoms with Crippen molar-refractivity contribution in [2.24, 2.45) is 4.99 Å². The van der Waals surface area contributed by atoms with Gasteiger partial charge in [-0.15, -0.1) is 24.0 Å². The van der Waals surface area contributed by atoms with Gasteiger partial charge in [0, 0.05) is 37.7 Å². The summed E-state index contributed by atoms with van der Waals surface area (Å²) in [7, 11) is 1.72. The molecule has 0 bridgehead atoms. The van der Waals surface area contributed by atoms with Crippen molar-refractivity contribution in [2.45, 2.75) is 32.2 Å².